The monoisotopic (exact) mass is 373 g/mol. The molecule has 2 aromatic heterocycles. The zero-order valence-electron chi connectivity index (χ0n) is 15.5. The molecule has 9 nitrogen and oxygen atoms in total. The number of aryl methyl sites for hydroxylation is 2. The number of rotatable bonds is 7. The van der Waals surface area contributed by atoms with Crippen LogP contribution in [0.25, 0.3) is 11.2 Å². The van der Waals surface area contributed by atoms with Gasteiger partial charge >= 0.3 is 5.69 Å². The number of hydrogen-bond acceptors (Lipinski definition) is 6. The maximum absolute atomic E-state index is 12.3. The molecule has 9 heteroatoms. The second-order valence-electron chi connectivity index (χ2n) is 6.30. The van der Waals surface area contributed by atoms with Gasteiger partial charge in [-0.1, -0.05) is 18.2 Å². The first kappa shape index (κ1) is 18.7. The normalized spacial score (nSPS) is 12.3. The standard InChI is InChI=1S/C18H23N5O4/c1-4-19-17-20-15-14(16(25)21-18(26)22(15)3)23(17)9-12(24)10-27-13-8-6-5-7-11(13)2/h5-8,12,24H,4,9-10H2,1-3H3,(H,19,20)(H,21,25,26). The highest BCUT2D eigenvalue weighted by atomic mass is 16.5. The molecule has 1 unspecified atom stereocenters. The summed E-state index contributed by atoms with van der Waals surface area (Å²) in [4.78, 5) is 30.8. The van der Waals surface area contributed by atoms with E-state index < -0.39 is 17.4 Å². The number of imidazole rings is 1. The predicted molar refractivity (Wildman–Crippen MR) is 102 cm³/mol. The number of hydrogen-bond donors (Lipinski definition) is 3. The Morgan fingerprint density at radius 2 is 2.07 bits per heavy atom. The molecule has 0 aliphatic carbocycles. The average Bonchev–Trinajstić information content (AvgIpc) is 2.98. The molecule has 3 aromatic rings. The van der Waals surface area contributed by atoms with Crippen molar-refractivity contribution in [2.75, 3.05) is 18.5 Å². The van der Waals surface area contributed by atoms with E-state index in [1.807, 2.05) is 38.1 Å². The maximum atomic E-state index is 12.3. The third kappa shape index (κ3) is 3.72. The van der Waals surface area contributed by atoms with Crippen LogP contribution in [0.3, 0.4) is 0 Å². The van der Waals surface area contributed by atoms with E-state index in [1.54, 1.807) is 4.57 Å². The quantitative estimate of drug-likeness (QED) is 0.559. The van der Waals surface area contributed by atoms with Crippen LogP contribution in [-0.2, 0) is 13.6 Å². The molecule has 0 bridgehead atoms. The van der Waals surface area contributed by atoms with E-state index in [-0.39, 0.29) is 24.3 Å². The van der Waals surface area contributed by atoms with E-state index in [2.05, 4.69) is 15.3 Å². The smallest absolute Gasteiger partial charge is 0.329 e. The topological polar surface area (TPSA) is 114 Å². The van der Waals surface area contributed by atoms with Crippen molar-refractivity contribution >= 4 is 17.1 Å². The van der Waals surface area contributed by atoms with Gasteiger partial charge in [0.25, 0.3) is 5.56 Å². The van der Waals surface area contributed by atoms with Gasteiger partial charge in [0.1, 0.15) is 18.5 Å². The van der Waals surface area contributed by atoms with Crippen LogP contribution in [0, 0.1) is 6.92 Å². The number of nitrogens with one attached hydrogen (secondary N) is 2. The molecule has 0 saturated carbocycles. The van der Waals surface area contributed by atoms with E-state index in [4.69, 9.17) is 4.74 Å². The summed E-state index contributed by atoms with van der Waals surface area (Å²) >= 11 is 0. The Bertz CT molecular complexity index is 1070. The Hall–Kier alpha value is -3.07. The van der Waals surface area contributed by atoms with Crippen LogP contribution < -0.4 is 21.3 Å². The molecule has 1 aromatic carbocycles. The minimum atomic E-state index is -0.879. The van der Waals surface area contributed by atoms with Gasteiger partial charge in [-0.15, -0.1) is 0 Å². The van der Waals surface area contributed by atoms with Gasteiger partial charge in [-0.2, -0.15) is 4.98 Å². The van der Waals surface area contributed by atoms with Crippen LogP contribution >= 0.6 is 0 Å². The fraction of sp³-hybridized carbons (Fsp3) is 0.389. The highest BCUT2D eigenvalue weighted by Gasteiger charge is 2.19. The van der Waals surface area contributed by atoms with Crippen LogP contribution in [0.4, 0.5) is 5.95 Å². The van der Waals surface area contributed by atoms with Gasteiger partial charge in [-0.05, 0) is 25.5 Å². The summed E-state index contributed by atoms with van der Waals surface area (Å²) in [6.45, 7) is 4.54. The lowest BCUT2D eigenvalue weighted by molar-refractivity contribution is 0.0935. The molecule has 0 amide bonds. The number of aromatic nitrogens is 4. The summed E-state index contributed by atoms with van der Waals surface area (Å²) in [5.74, 6) is 1.10. The molecular formula is C18H23N5O4. The zero-order chi connectivity index (χ0) is 19.6. The lowest BCUT2D eigenvalue weighted by atomic mass is 10.2. The van der Waals surface area contributed by atoms with E-state index in [9.17, 15) is 14.7 Å². The minimum absolute atomic E-state index is 0.0553. The zero-order valence-corrected chi connectivity index (χ0v) is 15.5. The van der Waals surface area contributed by atoms with Crippen molar-refractivity contribution in [3.8, 4) is 5.75 Å². The number of aliphatic hydroxyl groups is 1. The molecule has 3 N–H and O–H groups in total. The molecule has 2 heterocycles. The van der Waals surface area contributed by atoms with Crippen molar-refractivity contribution in [2.24, 2.45) is 7.05 Å². The molecular weight excluding hydrogens is 350 g/mol. The van der Waals surface area contributed by atoms with E-state index in [1.165, 1.54) is 11.6 Å². The summed E-state index contributed by atoms with van der Waals surface area (Å²) in [5.41, 5.74) is 0.368. The predicted octanol–water partition coefficient (Wildman–Crippen LogP) is 0.603. The number of benzene rings is 1. The number of fused-ring (bicyclic) bond motifs is 1. The first-order valence-corrected chi connectivity index (χ1v) is 8.72. The van der Waals surface area contributed by atoms with Crippen LogP contribution in [0.15, 0.2) is 33.9 Å². The van der Waals surface area contributed by atoms with E-state index in [0.717, 1.165) is 5.56 Å². The molecule has 0 spiro atoms. The second kappa shape index (κ2) is 7.67. The van der Waals surface area contributed by atoms with Crippen molar-refractivity contribution in [1.29, 1.82) is 0 Å². The maximum Gasteiger partial charge on any atom is 0.329 e. The summed E-state index contributed by atoms with van der Waals surface area (Å²) in [6.07, 6.45) is -0.879. The third-order valence-corrected chi connectivity index (χ3v) is 4.26. The summed E-state index contributed by atoms with van der Waals surface area (Å²) in [6, 6.07) is 7.53. The number of nitrogens with zero attached hydrogens (tertiary/aromatic N) is 3. The number of ether oxygens (including phenoxy) is 1. The molecule has 3 rings (SSSR count). The van der Waals surface area contributed by atoms with Crippen LogP contribution in [0.1, 0.15) is 12.5 Å². The van der Waals surface area contributed by atoms with E-state index >= 15 is 0 Å². The molecule has 0 saturated heterocycles. The minimum Gasteiger partial charge on any atom is -0.491 e. The number of H-pyrrole nitrogens is 1. The van der Waals surface area contributed by atoms with Crippen LogP contribution in [-0.4, -0.2) is 43.5 Å². The lowest BCUT2D eigenvalue weighted by Crippen LogP contribution is -2.31. The molecule has 0 radical (unpaired) electrons. The Labute approximate surface area is 155 Å². The van der Waals surface area contributed by atoms with Gasteiger partial charge < -0.3 is 19.7 Å². The molecule has 0 aliphatic heterocycles. The Morgan fingerprint density at radius 1 is 1.33 bits per heavy atom. The second-order valence-corrected chi connectivity index (χ2v) is 6.30. The van der Waals surface area contributed by atoms with Gasteiger partial charge in [0.15, 0.2) is 11.2 Å². The largest absolute Gasteiger partial charge is 0.491 e. The van der Waals surface area contributed by atoms with Gasteiger partial charge in [0.2, 0.25) is 5.95 Å². The first-order valence-electron chi connectivity index (χ1n) is 8.72. The Morgan fingerprint density at radius 3 is 2.78 bits per heavy atom. The molecule has 27 heavy (non-hydrogen) atoms. The lowest BCUT2D eigenvalue weighted by Gasteiger charge is -2.16. The van der Waals surface area contributed by atoms with Crippen molar-refractivity contribution < 1.29 is 9.84 Å². The third-order valence-electron chi connectivity index (χ3n) is 4.26. The van der Waals surface area contributed by atoms with Crippen molar-refractivity contribution in [3.63, 3.8) is 0 Å². The van der Waals surface area contributed by atoms with Gasteiger partial charge in [-0.25, -0.2) is 4.79 Å². The van der Waals surface area contributed by atoms with Crippen molar-refractivity contribution in [2.45, 2.75) is 26.5 Å². The fourth-order valence-electron chi connectivity index (χ4n) is 2.87. The molecule has 0 aliphatic rings. The summed E-state index contributed by atoms with van der Waals surface area (Å²) < 4.78 is 8.53. The van der Waals surface area contributed by atoms with Gasteiger partial charge in [0.05, 0.1) is 6.54 Å². The summed E-state index contributed by atoms with van der Waals surface area (Å²) in [5, 5.41) is 13.5. The number of aliphatic hydroxyl groups excluding tert-OH is 1. The van der Waals surface area contributed by atoms with Crippen molar-refractivity contribution in [3.05, 3.63) is 50.7 Å². The number of aromatic amines is 1. The highest BCUT2D eigenvalue weighted by molar-refractivity contribution is 5.74. The fourth-order valence-corrected chi connectivity index (χ4v) is 2.87. The van der Waals surface area contributed by atoms with E-state index in [0.29, 0.717) is 18.2 Å². The first-order chi connectivity index (χ1) is 12.9. The highest BCUT2D eigenvalue weighted by Crippen LogP contribution is 2.18. The number of para-hydroxylation sites is 1. The number of anilines is 1. The van der Waals surface area contributed by atoms with Crippen LogP contribution in [0.5, 0.6) is 5.75 Å². The van der Waals surface area contributed by atoms with Gasteiger partial charge in [0, 0.05) is 13.6 Å². The molecule has 1 atom stereocenters. The SMILES string of the molecule is CCNc1nc2c(c(=O)[nH]c(=O)n2C)n1CC(O)COc1ccccc1C. The van der Waals surface area contributed by atoms with Gasteiger partial charge in [-0.3, -0.25) is 14.3 Å². The molecule has 0 fully saturated rings. The Balaban J connectivity index is 1.90. The molecule has 144 valence electrons. The Kier molecular flexibility index (Phi) is 5.31. The summed E-state index contributed by atoms with van der Waals surface area (Å²) in [7, 11) is 1.53. The average molecular weight is 373 g/mol. The van der Waals surface area contributed by atoms with Crippen LogP contribution in [0.2, 0.25) is 0 Å². The van der Waals surface area contributed by atoms with Crippen molar-refractivity contribution in [1.82, 2.24) is 19.1 Å².